The Morgan fingerprint density at radius 2 is 2.07 bits per heavy atom. The summed E-state index contributed by atoms with van der Waals surface area (Å²) in [5.41, 5.74) is 5.36. The van der Waals surface area contributed by atoms with Crippen LogP contribution in [-0.2, 0) is 0 Å². The second-order valence-electron chi connectivity index (χ2n) is 3.09. The van der Waals surface area contributed by atoms with Crippen LogP contribution in [0.25, 0.3) is 0 Å². The van der Waals surface area contributed by atoms with Crippen LogP contribution in [0.4, 0.5) is 24.8 Å². The zero-order chi connectivity index (χ0) is 11.5. The van der Waals surface area contributed by atoms with Crippen LogP contribution < -0.4 is 10.6 Å². The van der Waals surface area contributed by atoms with Crippen molar-refractivity contribution in [2.75, 3.05) is 24.2 Å². The highest BCUT2D eigenvalue weighted by Gasteiger charge is 2.27. The second-order valence-corrected chi connectivity index (χ2v) is 3.09. The number of rotatable bonds is 3. The van der Waals surface area contributed by atoms with Crippen molar-refractivity contribution >= 4 is 11.6 Å². The molecule has 84 valence electrons. The van der Waals surface area contributed by atoms with E-state index in [1.165, 1.54) is 24.3 Å². The number of anilines is 2. The normalized spacial score (nSPS) is 11.5. The minimum atomic E-state index is -4.16. The van der Waals surface area contributed by atoms with Crippen LogP contribution in [0.15, 0.2) is 12.4 Å². The monoisotopic (exact) mass is 220 g/mol. The van der Waals surface area contributed by atoms with E-state index in [1.54, 1.807) is 0 Å². The van der Waals surface area contributed by atoms with Crippen LogP contribution in [-0.4, -0.2) is 29.7 Å². The van der Waals surface area contributed by atoms with E-state index in [2.05, 4.69) is 9.97 Å². The summed E-state index contributed by atoms with van der Waals surface area (Å²) in [4.78, 5) is 8.94. The second kappa shape index (κ2) is 4.33. The molecule has 0 amide bonds. The molecule has 0 fully saturated rings. The minimum Gasteiger partial charge on any atom is -0.382 e. The average molecular weight is 220 g/mol. The number of aromatic nitrogens is 2. The zero-order valence-corrected chi connectivity index (χ0v) is 8.12. The van der Waals surface area contributed by atoms with Crippen LogP contribution in [0.5, 0.6) is 0 Å². The molecule has 1 aromatic heterocycles. The van der Waals surface area contributed by atoms with E-state index < -0.39 is 12.6 Å². The van der Waals surface area contributed by atoms with E-state index in [-0.39, 0.29) is 12.4 Å². The van der Waals surface area contributed by atoms with Crippen LogP contribution in [0.1, 0.15) is 6.42 Å². The van der Waals surface area contributed by atoms with Crippen molar-refractivity contribution in [2.24, 2.45) is 0 Å². The van der Waals surface area contributed by atoms with E-state index in [9.17, 15) is 13.2 Å². The summed E-state index contributed by atoms with van der Waals surface area (Å²) in [5.74, 6) is 0.519. The number of hydrogen-bond donors (Lipinski definition) is 1. The van der Waals surface area contributed by atoms with Gasteiger partial charge in [0.15, 0.2) is 0 Å². The number of alkyl halides is 3. The maximum atomic E-state index is 11.9. The molecule has 0 radical (unpaired) electrons. The number of nitrogens with two attached hydrogens (primary N) is 1. The Morgan fingerprint density at radius 3 is 2.60 bits per heavy atom. The Morgan fingerprint density at radius 1 is 1.40 bits per heavy atom. The largest absolute Gasteiger partial charge is 0.390 e. The Bertz CT molecular complexity index is 326. The molecule has 1 heterocycles. The summed E-state index contributed by atoms with van der Waals surface area (Å²) in [6.07, 6.45) is -2.35. The number of halogens is 3. The first-order chi connectivity index (χ1) is 6.88. The smallest absolute Gasteiger partial charge is 0.382 e. The fourth-order valence-electron chi connectivity index (χ4n) is 0.963. The van der Waals surface area contributed by atoms with E-state index >= 15 is 0 Å². The van der Waals surface area contributed by atoms with Gasteiger partial charge in [-0.15, -0.1) is 0 Å². The molecular weight excluding hydrogens is 209 g/mol. The predicted octanol–water partition coefficient (Wildman–Crippen LogP) is 1.45. The molecule has 0 aliphatic rings. The van der Waals surface area contributed by atoms with Crippen molar-refractivity contribution in [1.29, 1.82) is 0 Å². The van der Waals surface area contributed by atoms with Gasteiger partial charge in [0.05, 0.1) is 18.8 Å². The third-order valence-electron chi connectivity index (χ3n) is 1.76. The third kappa shape index (κ3) is 4.01. The standard InChI is InChI=1S/C8H11F3N4/c1-15(3-2-8(9,10)11)7-5-13-4-6(12)14-7/h4-5H,2-3H2,1H3,(H2,12,14). The Hall–Kier alpha value is -1.53. The summed E-state index contributed by atoms with van der Waals surface area (Å²) >= 11 is 0. The minimum absolute atomic E-state index is 0.165. The topological polar surface area (TPSA) is 55.0 Å². The first-order valence-corrected chi connectivity index (χ1v) is 4.24. The Kier molecular flexibility index (Phi) is 3.33. The molecule has 0 saturated heterocycles. The molecule has 1 aromatic rings. The van der Waals surface area contributed by atoms with Crippen molar-refractivity contribution < 1.29 is 13.2 Å². The molecule has 0 aromatic carbocycles. The lowest BCUT2D eigenvalue weighted by Gasteiger charge is -2.18. The van der Waals surface area contributed by atoms with Crippen molar-refractivity contribution in [1.82, 2.24) is 9.97 Å². The molecule has 0 spiro atoms. The van der Waals surface area contributed by atoms with Gasteiger partial charge < -0.3 is 10.6 Å². The van der Waals surface area contributed by atoms with Crippen molar-refractivity contribution in [2.45, 2.75) is 12.6 Å². The highest BCUT2D eigenvalue weighted by molar-refractivity contribution is 5.40. The third-order valence-corrected chi connectivity index (χ3v) is 1.76. The quantitative estimate of drug-likeness (QED) is 0.837. The SMILES string of the molecule is CN(CCC(F)(F)F)c1cncc(N)n1. The molecule has 0 atom stereocenters. The van der Waals surface area contributed by atoms with Gasteiger partial charge in [-0.05, 0) is 0 Å². The predicted molar refractivity (Wildman–Crippen MR) is 50.4 cm³/mol. The highest BCUT2D eigenvalue weighted by Crippen LogP contribution is 2.20. The fraction of sp³-hybridized carbons (Fsp3) is 0.500. The lowest BCUT2D eigenvalue weighted by Crippen LogP contribution is -2.25. The maximum Gasteiger partial charge on any atom is 0.390 e. The van der Waals surface area contributed by atoms with Gasteiger partial charge in [-0.2, -0.15) is 13.2 Å². The Balaban J connectivity index is 2.58. The van der Waals surface area contributed by atoms with Gasteiger partial charge in [0, 0.05) is 13.6 Å². The lowest BCUT2D eigenvalue weighted by molar-refractivity contribution is -0.132. The van der Waals surface area contributed by atoms with E-state index in [0.29, 0.717) is 5.82 Å². The van der Waals surface area contributed by atoms with Crippen LogP contribution in [0.3, 0.4) is 0 Å². The molecule has 7 heteroatoms. The number of nitrogens with zero attached hydrogens (tertiary/aromatic N) is 3. The van der Waals surface area contributed by atoms with E-state index in [0.717, 1.165) is 0 Å². The molecule has 0 aliphatic carbocycles. The molecule has 0 saturated carbocycles. The van der Waals surface area contributed by atoms with Gasteiger partial charge in [0.1, 0.15) is 11.6 Å². The van der Waals surface area contributed by atoms with Crippen LogP contribution >= 0.6 is 0 Å². The van der Waals surface area contributed by atoms with Crippen molar-refractivity contribution in [3.05, 3.63) is 12.4 Å². The number of nitrogen functional groups attached to an aromatic ring is 1. The molecule has 0 aliphatic heterocycles. The van der Waals surface area contributed by atoms with Gasteiger partial charge in [0.25, 0.3) is 0 Å². The summed E-state index contributed by atoms with van der Waals surface area (Å²) in [5, 5.41) is 0. The molecule has 0 unspecified atom stereocenters. The van der Waals surface area contributed by atoms with Gasteiger partial charge in [0.2, 0.25) is 0 Å². The van der Waals surface area contributed by atoms with E-state index in [1.807, 2.05) is 0 Å². The zero-order valence-electron chi connectivity index (χ0n) is 8.12. The summed E-state index contributed by atoms with van der Waals surface area (Å²) in [7, 11) is 1.51. The van der Waals surface area contributed by atoms with Gasteiger partial charge >= 0.3 is 6.18 Å². The highest BCUT2D eigenvalue weighted by atomic mass is 19.4. The summed E-state index contributed by atoms with van der Waals surface area (Å²) in [6.45, 7) is -0.165. The molecule has 0 bridgehead atoms. The maximum absolute atomic E-state index is 11.9. The molecule has 2 N–H and O–H groups in total. The van der Waals surface area contributed by atoms with Gasteiger partial charge in [-0.1, -0.05) is 0 Å². The average Bonchev–Trinajstić information content (AvgIpc) is 2.13. The number of hydrogen-bond acceptors (Lipinski definition) is 4. The summed E-state index contributed by atoms with van der Waals surface area (Å²) in [6, 6.07) is 0. The lowest BCUT2D eigenvalue weighted by atomic mass is 10.4. The molecule has 1 rings (SSSR count). The van der Waals surface area contributed by atoms with Gasteiger partial charge in [-0.25, -0.2) is 4.98 Å². The summed E-state index contributed by atoms with van der Waals surface area (Å²) < 4.78 is 35.8. The van der Waals surface area contributed by atoms with Gasteiger partial charge in [-0.3, -0.25) is 4.98 Å². The first kappa shape index (κ1) is 11.5. The molecule has 15 heavy (non-hydrogen) atoms. The van der Waals surface area contributed by atoms with Crippen LogP contribution in [0, 0.1) is 0 Å². The fourth-order valence-corrected chi connectivity index (χ4v) is 0.963. The van der Waals surface area contributed by atoms with Crippen molar-refractivity contribution in [3.63, 3.8) is 0 Å². The van der Waals surface area contributed by atoms with Crippen LogP contribution in [0.2, 0.25) is 0 Å². The van der Waals surface area contributed by atoms with E-state index in [4.69, 9.17) is 5.73 Å². The first-order valence-electron chi connectivity index (χ1n) is 4.24. The molecular formula is C8H11F3N4. The van der Waals surface area contributed by atoms with Crippen molar-refractivity contribution in [3.8, 4) is 0 Å². The molecule has 4 nitrogen and oxygen atoms in total. The Labute approximate surface area is 84.9 Å².